The zero-order chi connectivity index (χ0) is 30.0. The molecule has 0 saturated carbocycles. The second kappa shape index (κ2) is 11.9. The van der Waals surface area contributed by atoms with Crippen molar-refractivity contribution in [3.8, 4) is 11.5 Å². The minimum absolute atomic E-state index is 0.0344. The van der Waals surface area contributed by atoms with Gasteiger partial charge >= 0.3 is 6.36 Å². The second-order valence-corrected chi connectivity index (χ2v) is 10.9. The minimum Gasteiger partial charge on any atom is -0.484 e. The fraction of sp³-hybridized carbons (Fsp3) is 0.267. The van der Waals surface area contributed by atoms with Gasteiger partial charge in [0.1, 0.15) is 23.3 Å². The number of para-hydroxylation sites is 1. The standard InChI is InChI=1S/C30H28F3N5O3S/c1-18(2)23-7-5-6-8-25(23)38-27(39)17-42-29(38)35-34-16-20-9-14-24-26(15-20)37(4)36-28(24)19(3)40-21-10-12-22(13-11-21)41-30(31,32)33/h5-16,18-19H,17H2,1-4H3/b34-16+,35-29-. The van der Waals surface area contributed by atoms with Crippen LogP contribution in [-0.4, -0.2) is 39.2 Å². The Bertz CT molecular complexity index is 1670. The highest BCUT2D eigenvalue weighted by Gasteiger charge is 2.32. The predicted molar refractivity (Wildman–Crippen MR) is 158 cm³/mol. The molecule has 5 rings (SSSR count). The number of amides is 1. The van der Waals surface area contributed by atoms with E-state index < -0.39 is 12.5 Å². The van der Waals surface area contributed by atoms with Gasteiger partial charge in [0, 0.05) is 12.4 Å². The number of nitrogens with zero attached hydrogens (tertiary/aromatic N) is 5. The average Bonchev–Trinajstić information content (AvgIpc) is 3.47. The molecule has 8 nitrogen and oxygen atoms in total. The Kier molecular flexibility index (Phi) is 8.26. The summed E-state index contributed by atoms with van der Waals surface area (Å²) in [6.07, 6.45) is -3.61. The monoisotopic (exact) mass is 595 g/mol. The molecule has 1 unspecified atom stereocenters. The van der Waals surface area contributed by atoms with Gasteiger partial charge in [0.05, 0.1) is 23.2 Å². The van der Waals surface area contributed by atoms with E-state index in [2.05, 4.69) is 33.9 Å². The molecule has 1 aliphatic rings. The highest BCUT2D eigenvalue weighted by Crippen LogP contribution is 2.34. The van der Waals surface area contributed by atoms with Gasteiger partial charge in [-0.05, 0) is 60.4 Å². The van der Waals surface area contributed by atoms with E-state index in [1.807, 2.05) is 56.4 Å². The number of hydrogen-bond acceptors (Lipinski definition) is 7. The molecule has 1 amide bonds. The maximum Gasteiger partial charge on any atom is 0.573 e. The molecular weight excluding hydrogens is 567 g/mol. The number of fused-ring (bicyclic) bond motifs is 1. The first-order chi connectivity index (χ1) is 20.0. The molecule has 12 heteroatoms. The molecule has 1 aromatic heterocycles. The van der Waals surface area contributed by atoms with Crippen LogP contribution in [0.3, 0.4) is 0 Å². The van der Waals surface area contributed by atoms with Crippen molar-refractivity contribution < 1.29 is 27.4 Å². The van der Waals surface area contributed by atoms with Crippen LogP contribution in [0.4, 0.5) is 18.9 Å². The molecule has 1 fully saturated rings. The van der Waals surface area contributed by atoms with Crippen molar-refractivity contribution >= 4 is 45.6 Å². The SMILES string of the molecule is CC(C)c1ccccc1N1C(=O)CS/C1=N\N=C\c1ccc2c(C(C)Oc3ccc(OC(F)(F)F)cc3)nn(C)c2c1. The summed E-state index contributed by atoms with van der Waals surface area (Å²) in [6, 6.07) is 18.7. The minimum atomic E-state index is -4.76. The molecule has 0 aliphatic carbocycles. The molecule has 218 valence electrons. The molecule has 0 spiro atoms. The maximum absolute atomic E-state index is 12.7. The highest BCUT2D eigenvalue weighted by atomic mass is 32.2. The Balaban J connectivity index is 1.33. The number of ether oxygens (including phenoxy) is 2. The number of hydrogen-bond donors (Lipinski definition) is 0. The van der Waals surface area contributed by atoms with Crippen LogP contribution in [-0.2, 0) is 11.8 Å². The summed E-state index contributed by atoms with van der Waals surface area (Å²) in [7, 11) is 1.81. The summed E-state index contributed by atoms with van der Waals surface area (Å²) in [5.74, 6) is 0.568. The van der Waals surface area contributed by atoms with Gasteiger partial charge in [-0.15, -0.1) is 18.3 Å². The number of halogens is 3. The second-order valence-electron chi connectivity index (χ2n) is 9.92. The van der Waals surface area contributed by atoms with Crippen LogP contribution in [0.1, 0.15) is 49.6 Å². The molecule has 0 radical (unpaired) electrons. The molecule has 42 heavy (non-hydrogen) atoms. The molecule has 1 aliphatic heterocycles. The predicted octanol–water partition coefficient (Wildman–Crippen LogP) is 7.21. The zero-order valence-corrected chi connectivity index (χ0v) is 24.1. The van der Waals surface area contributed by atoms with Crippen LogP contribution in [0.15, 0.2) is 76.9 Å². The number of amidine groups is 1. The normalized spacial score (nSPS) is 15.9. The summed E-state index contributed by atoms with van der Waals surface area (Å²) >= 11 is 1.35. The van der Waals surface area contributed by atoms with Crippen molar-refractivity contribution in [2.24, 2.45) is 17.3 Å². The Labute approximate surface area is 244 Å². The van der Waals surface area contributed by atoms with Crippen molar-refractivity contribution in [2.45, 2.75) is 39.2 Å². The first kappa shape index (κ1) is 29.2. The summed E-state index contributed by atoms with van der Waals surface area (Å²) in [5, 5.41) is 14.7. The van der Waals surface area contributed by atoms with Gasteiger partial charge < -0.3 is 9.47 Å². The van der Waals surface area contributed by atoms with Crippen LogP contribution >= 0.6 is 11.8 Å². The lowest BCUT2D eigenvalue weighted by atomic mass is 10.0. The third-order valence-corrected chi connectivity index (χ3v) is 7.49. The third-order valence-electron chi connectivity index (χ3n) is 6.57. The van der Waals surface area contributed by atoms with Crippen LogP contribution in [0.5, 0.6) is 11.5 Å². The molecule has 1 saturated heterocycles. The highest BCUT2D eigenvalue weighted by molar-refractivity contribution is 8.15. The first-order valence-corrected chi connectivity index (χ1v) is 14.1. The summed E-state index contributed by atoms with van der Waals surface area (Å²) in [5.41, 5.74) is 4.19. The van der Waals surface area contributed by atoms with Crippen molar-refractivity contribution in [1.29, 1.82) is 0 Å². The topological polar surface area (TPSA) is 81.3 Å². The van der Waals surface area contributed by atoms with Crippen LogP contribution in [0, 0.1) is 0 Å². The van der Waals surface area contributed by atoms with Crippen molar-refractivity contribution in [3.05, 3.63) is 83.6 Å². The van der Waals surface area contributed by atoms with E-state index in [1.165, 1.54) is 36.0 Å². The van der Waals surface area contributed by atoms with Gasteiger partial charge in [0.2, 0.25) is 5.91 Å². The molecule has 3 aromatic carbocycles. The molecule has 0 bridgehead atoms. The van der Waals surface area contributed by atoms with Gasteiger partial charge in [0.25, 0.3) is 0 Å². The fourth-order valence-corrected chi connectivity index (χ4v) is 5.48. The van der Waals surface area contributed by atoms with Gasteiger partial charge in [-0.1, -0.05) is 55.9 Å². The van der Waals surface area contributed by atoms with E-state index in [0.717, 1.165) is 27.7 Å². The van der Waals surface area contributed by atoms with E-state index >= 15 is 0 Å². The number of aryl methyl sites for hydroxylation is 1. The van der Waals surface area contributed by atoms with E-state index in [0.29, 0.717) is 22.4 Å². The van der Waals surface area contributed by atoms with Gasteiger partial charge in [-0.2, -0.15) is 10.2 Å². The first-order valence-electron chi connectivity index (χ1n) is 13.1. The Morgan fingerprint density at radius 2 is 1.74 bits per heavy atom. The van der Waals surface area contributed by atoms with E-state index in [4.69, 9.17) is 4.74 Å². The fourth-order valence-electron chi connectivity index (χ4n) is 4.66. The lowest BCUT2D eigenvalue weighted by molar-refractivity contribution is -0.274. The molecule has 4 aromatic rings. The number of benzene rings is 3. The zero-order valence-electron chi connectivity index (χ0n) is 23.3. The van der Waals surface area contributed by atoms with Gasteiger partial charge in [-0.3, -0.25) is 14.4 Å². The third kappa shape index (κ3) is 6.43. The summed E-state index contributed by atoms with van der Waals surface area (Å²) in [6.45, 7) is 5.99. The number of thioether (sulfide) groups is 1. The number of rotatable bonds is 8. The molecule has 1 atom stereocenters. The molecule has 2 heterocycles. The van der Waals surface area contributed by atoms with E-state index in [9.17, 15) is 18.0 Å². The number of anilines is 1. The van der Waals surface area contributed by atoms with Crippen LogP contribution < -0.4 is 14.4 Å². The van der Waals surface area contributed by atoms with E-state index in [1.54, 1.807) is 15.8 Å². The van der Waals surface area contributed by atoms with Gasteiger partial charge in [0.15, 0.2) is 5.17 Å². The Morgan fingerprint density at radius 3 is 2.45 bits per heavy atom. The number of carbonyl (C=O) groups is 1. The number of alkyl halides is 3. The number of carbonyl (C=O) groups excluding carboxylic acids is 1. The summed E-state index contributed by atoms with van der Waals surface area (Å²) in [4.78, 5) is 14.4. The molecule has 0 N–H and O–H groups in total. The maximum atomic E-state index is 12.7. The Hall–Kier alpha value is -4.32. The van der Waals surface area contributed by atoms with Crippen molar-refractivity contribution in [3.63, 3.8) is 0 Å². The molecular formula is C30H28F3N5O3S. The number of aromatic nitrogens is 2. The quantitative estimate of drug-likeness (QED) is 0.159. The van der Waals surface area contributed by atoms with E-state index in [-0.39, 0.29) is 17.6 Å². The van der Waals surface area contributed by atoms with Crippen LogP contribution in [0.2, 0.25) is 0 Å². The lowest BCUT2D eigenvalue weighted by Crippen LogP contribution is -2.30. The lowest BCUT2D eigenvalue weighted by Gasteiger charge is -2.20. The van der Waals surface area contributed by atoms with Crippen LogP contribution in [0.25, 0.3) is 10.9 Å². The summed E-state index contributed by atoms with van der Waals surface area (Å²) < 4.78 is 48.9. The average molecular weight is 596 g/mol. The smallest absolute Gasteiger partial charge is 0.484 e. The van der Waals surface area contributed by atoms with Crippen molar-refractivity contribution in [2.75, 3.05) is 10.7 Å². The van der Waals surface area contributed by atoms with Gasteiger partial charge in [-0.25, -0.2) is 0 Å². The largest absolute Gasteiger partial charge is 0.573 e. The van der Waals surface area contributed by atoms with Crippen molar-refractivity contribution in [1.82, 2.24) is 9.78 Å². The Morgan fingerprint density at radius 1 is 1.02 bits per heavy atom.